The van der Waals surface area contributed by atoms with E-state index in [0.717, 1.165) is 34.9 Å². The molecule has 5 rings (SSSR count). The van der Waals surface area contributed by atoms with Gasteiger partial charge in [-0.15, -0.1) is 0 Å². The fraction of sp³-hybridized carbons (Fsp3) is 0.222. The van der Waals surface area contributed by atoms with Crippen LogP contribution in [0.4, 0.5) is 5.82 Å². The molecule has 0 aliphatic carbocycles. The summed E-state index contributed by atoms with van der Waals surface area (Å²) in [7, 11) is 0. The van der Waals surface area contributed by atoms with Crippen molar-refractivity contribution in [2.75, 3.05) is 18.0 Å². The van der Waals surface area contributed by atoms with Crippen LogP contribution in [0.15, 0.2) is 42.9 Å². The third-order valence-electron chi connectivity index (χ3n) is 4.53. The zero-order valence-corrected chi connectivity index (χ0v) is 13.4. The molecule has 2 aliphatic heterocycles. The van der Waals surface area contributed by atoms with Crippen LogP contribution < -0.4 is 9.64 Å². The Kier molecular flexibility index (Phi) is 3.06. The summed E-state index contributed by atoms with van der Waals surface area (Å²) in [6.07, 6.45) is 6.05. The molecule has 3 aromatic rings. The largest absolute Gasteiger partial charge is 0.472 e. The van der Waals surface area contributed by atoms with Gasteiger partial charge in [-0.05, 0) is 24.3 Å². The van der Waals surface area contributed by atoms with Crippen LogP contribution in [0.25, 0.3) is 16.9 Å². The zero-order chi connectivity index (χ0) is 16.8. The number of nitrogens with zero attached hydrogens (tertiary/aromatic N) is 5. The molecule has 124 valence electrons. The summed E-state index contributed by atoms with van der Waals surface area (Å²) in [5.74, 6) is 1.70. The lowest BCUT2D eigenvalue weighted by molar-refractivity contribution is -0.116. The van der Waals surface area contributed by atoms with E-state index in [1.165, 1.54) is 0 Å². The van der Waals surface area contributed by atoms with Gasteiger partial charge < -0.3 is 9.64 Å². The molecule has 0 aromatic carbocycles. The molecule has 0 radical (unpaired) electrons. The number of ketones is 1. The van der Waals surface area contributed by atoms with Crippen molar-refractivity contribution in [3.63, 3.8) is 0 Å². The van der Waals surface area contributed by atoms with E-state index in [4.69, 9.17) is 9.84 Å². The first kappa shape index (κ1) is 14.2. The van der Waals surface area contributed by atoms with Crippen molar-refractivity contribution < 1.29 is 9.53 Å². The summed E-state index contributed by atoms with van der Waals surface area (Å²) in [5, 5.41) is 4.69. The second-order valence-electron chi connectivity index (χ2n) is 6.18. The third kappa shape index (κ3) is 2.36. The molecule has 7 heteroatoms. The standard InChI is InChI=1S/C18H15N5O2/c24-14-5-7-22(10-14)16-4-3-13(8-20-16)23-9-12-11-25-18-15(17(12)21-23)2-1-6-19-18/h1-4,6,8-9H,5,7,10-11H2. The van der Waals surface area contributed by atoms with Gasteiger partial charge in [0.1, 0.15) is 18.1 Å². The molecule has 0 amide bonds. The number of Topliss-reactive ketones (excluding diaryl/α,β-unsaturated/α-hetero) is 1. The van der Waals surface area contributed by atoms with Gasteiger partial charge in [0.25, 0.3) is 0 Å². The Hall–Kier alpha value is -3.22. The number of rotatable bonds is 2. The van der Waals surface area contributed by atoms with E-state index in [2.05, 4.69) is 9.97 Å². The lowest BCUT2D eigenvalue weighted by atomic mass is 10.1. The van der Waals surface area contributed by atoms with Crippen LogP contribution in [-0.2, 0) is 11.4 Å². The Balaban J connectivity index is 1.47. The summed E-state index contributed by atoms with van der Waals surface area (Å²) in [6, 6.07) is 7.74. The molecule has 0 unspecified atom stereocenters. The predicted molar refractivity (Wildman–Crippen MR) is 90.8 cm³/mol. The Morgan fingerprint density at radius 2 is 2.12 bits per heavy atom. The van der Waals surface area contributed by atoms with Gasteiger partial charge in [-0.2, -0.15) is 5.10 Å². The van der Waals surface area contributed by atoms with Crippen LogP contribution in [0.2, 0.25) is 0 Å². The van der Waals surface area contributed by atoms with Crippen LogP contribution >= 0.6 is 0 Å². The summed E-state index contributed by atoms with van der Waals surface area (Å²) in [5.41, 5.74) is 3.69. The number of carbonyl (C=O) groups is 1. The average molecular weight is 333 g/mol. The first-order valence-corrected chi connectivity index (χ1v) is 8.18. The minimum Gasteiger partial charge on any atom is -0.472 e. The van der Waals surface area contributed by atoms with E-state index < -0.39 is 0 Å². The maximum atomic E-state index is 11.4. The van der Waals surface area contributed by atoms with Gasteiger partial charge in [0.15, 0.2) is 5.78 Å². The molecule has 0 saturated carbocycles. The Morgan fingerprint density at radius 3 is 2.92 bits per heavy atom. The van der Waals surface area contributed by atoms with Crippen molar-refractivity contribution in [3.8, 4) is 22.8 Å². The van der Waals surface area contributed by atoms with Gasteiger partial charge in [0.05, 0.1) is 24.0 Å². The van der Waals surface area contributed by atoms with Gasteiger partial charge in [0, 0.05) is 30.9 Å². The number of hydrogen-bond donors (Lipinski definition) is 0. The van der Waals surface area contributed by atoms with E-state index in [9.17, 15) is 4.79 Å². The average Bonchev–Trinajstić information content (AvgIpc) is 3.28. The number of anilines is 1. The number of pyridine rings is 2. The summed E-state index contributed by atoms with van der Waals surface area (Å²) in [6.45, 7) is 1.65. The highest BCUT2D eigenvalue weighted by Gasteiger charge is 2.23. The van der Waals surface area contributed by atoms with Gasteiger partial charge in [0.2, 0.25) is 5.88 Å². The molecule has 5 heterocycles. The molecule has 7 nitrogen and oxygen atoms in total. The monoisotopic (exact) mass is 333 g/mol. The minimum atomic E-state index is 0.262. The Morgan fingerprint density at radius 1 is 1.16 bits per heavy atom. The van der Waals surface area contributed by atoms with Crippen molar-refractivity contribution in [1.82, 2.24) is 19.7 Å². The van der Waals surface area contributed by atoms with Gasteiger partial charge in [-0.3, -0.25) is 4.79 Å². The quantitative estimate of drug-likeness (QED) is 0.714. The maximum Gasteiger partial charge on any atom is 0.223 e. The van der Waals surface area contributed by atoms with E-state index >= 15 is 0 Å². The van der Waals surface area contributed by atoms with Crippen molar-refractivity contribution in [2.45, 2.75) is 13.0 Å². The highest BCUT2D eigenvalue weighted by atomic mass is 16.5. The lowest BCUT2D eigenvalue weighted by Gasteiger charge is -2.15. The number of hydrogen-bond acceptors (Lipinski definition) is 6. The van der Waals surface area contributed by atoms with Crippen LogP contribution in [0.1, 0.15) is 12.0 Å². The Labute approximate surface area is 143 Å². The highest BCUT2D eigenvalue weighted by molar-refractivity contribution is 5.86. The topological polar surface area (TPSA) is 73.1 Å². The van der Waals surface area contributed by atoms with E-state index in [0.29, 0.717) is 25.5 Å². The van der Waals surface area contributed by atoms with Gasteiger partial charge in [-0.25, -0.2) is 14.6 Å². The van der Waals surface area contributed by atoms with Crippen LogP contribution in [0.3, 0.4) is 0 Å². The first-order valence-electron chi connectivity index (χ1n) is 8.18. The molecule has 25 heavy (non-hydrogen) atoms. The summed E-state index contributed by atoms with van der Waals surface area (Å²) in [4.78, 5) is 22.2. The van der Waals surface area contributed by atoms with E-state index in [-0.39, 0.29) is 5.78 Å². The first-order chi connectivity index (χ1) is 12.3. The molecule has 0 bridgehead atoms. The minimum absolute atomic E-state index is 0.262. The normalized spacial score (nSPS) is 15.7. The fourth-order valence-electron chi connectivity index (χ4n) is 3.23. The SMILES string of the molecule is O=C1CCN(c2ccc(-n3cc4c(n3)-c3cccnc3OC4)cn2)C1. The smallest absolute Gasteiger partial charge is 0.223 e. The molecular formula is C18H15N5O2. The van der Waals surface area contributed by atoms with Crippen LogP contribution in [0, 0.1) is 0 Å². The number of carbonyl (C=O) groups excluding carboxylic acids is 1. The molecule has 0 N–H and O–H groups in total. The van der Waals surface area contributed by atoms with E-state index in [1.807, 2.05) is 40.0 Å². The highest BCUT2D eigenvalue weighted by Crippen LogP contribution is 2.34. The van der Waals surface area contributed by atoms with Crippen molar-refractivity contribution in [3.05, 3.63) is 48.4 Å². The zero-order valence-electron chi connectivity index (χ0n) is 13.4. The molecule has 0 atom stereocenters. The van der Waals surface area contributed by atoms with Crippen LogP contribution in [0.5, 0.6) is 5.88 Å². The third-order valence-corrected chi connectivity index (χ3v) is 4.53. The number of aromatic nitrogens is 4. The number of fused-ring (bicyclic) bond motifs is 3. The molecular weight excluding hydrogens is 318 g/mol. The van der Waals surface area contributed by atoms with Crippen LogP contribution in [-0.4, -0.2) is 38.6 Å². The second-order valence-corrected chi connectivity index (χ2v) is 6.18. The molecule has 2 aliphatic rings. The molecule has 1 saturated heterocycles. The molecule has 3 aromatic heterocycles. The van der Waals surface area contributed by atoms with Gasteiger partial charge in [-0.1, -0.05) is 0 Å². The maximum absolute atomic E-state index is 11.4. The van der Waals surface area contributed by atoms with Crippen molar-refractivity contribution in [1.29, 1.82) is 0 Å². The molecule has 1 fully saturated rings. The van der Waals surface area contributed by atoms with Crippen molar-refractivity contribution in [2.24, 2.45) is 0 Å². The predicted octanol–water partition coefficient (Wildman–Crippen LogP) is 2.00. The van der Waals surface area contributed by atoms with Crippen molar-refractivity contribution >= 4 is 11.6 Å². The Bertz CT molecular complexity index is 964. The van der Waals surface area contributed by atoms with E-state index in [1.54, 1.807) is 12.4 Å². The van der Waals surface area contributed by atoms with Gasteiger partial charge >= 0.3 is 0 Å². The summed E-state index contributed by atoms with van der Waals surface area (Å²) >= 11 is 0. The number of ether oxygens (including phenoxy) is 1. The second kappa shape index (κ2) is 5.41. The molecule has 0 spiro atoms. The summed E-state index contributed by atoms with van der Waals surface area (Å²) < 4.78 is 7.48. The fourth-order valence-corrected chi connectivity index (χ4v) is 3.23. The lowest BCUT2D eigenvalue weighted by Crippen LogP contribution is -2.20.